The number of amides is 1. The highest BCUT2D eigenvalue weighted by Gasteiger charge is 2.28. The molecule has 3 heterocycles. The molecule has 4 aromatic rings. The number of hydrogen-bond acceptors (Lipinski definition) is 6. The van der Waals surface area contributed by atoms with Crippen LogP contribution in [0.2, 0.25) is 0 Å². The van der Waals surface area contributed by atoms with E-state index < -0.39 is 6.04 Å². The normalized spacial score (nSPS) is 13.7. The third kappa shape index (κ3) is 2.77. The lowest BCUT2D eigenvalue weighted by Gasteiger charge is -2.20. The van der Waals surface area contributed by atoms with E-state index in [0.29, 0.717) is 10.5 Å². The minimum absolute atomic E-state index is 0.239. The average molecular weight is 420 g/mol. The van der Waals surface area contributed by atoms with Gasteiger partial charge in [-0.05, 0) is 25.8 Å². The molecule has 0 aliphatic heterocycles. The zero-order valence-corrected chi connectivity index (χ0v) is 17.7. The number of carbonyl (C=O) groups excluding carboxylic acids is 1. The minimum atomic E-state index is -0.748. The number of aromatic nitrogens is 5. The fraction of sp³-hybridized carbons (Fsp3) is 0.286. The maximum Gasteiger partial charge on any atom is 0.275 e. The topological polar surface area (TPSA) is 85.9 Å². The van der Waals surface area contributed by atoms with Crippen molar-refractivity contribution in [1.82, 2.24) is 24.5 Å². The fourth-order valence-corrected chi connectivity index (χ4v) is 4.95. The third-order valence-corrected chi connectivity index (χ3v) is 6.85. The van der Waals surface area contributed by atoms with Gasteiger partial charge in [-0.15, -0.1) is 11.3 Å². The van der Waals surface area contributed by atoms with Crippen LogP contribution < -0.4 is 10.5 Å². The van der Waals surface area contributed by atoms with Gasteiger partial charge in [-0.25, -0.2) is 9.67 Å². The molecule has 5 rings (SSSR count). The first-order valence-electron chi connectivity index (χ1n) is 9.70. The maximum absolute atomic E-state index is 13.2. The van der Waals surface area contributed by atoms with Crippen molar-refractivity contribution in [3.05, 3.63) is 57.6 Å². The Morgan fingerprint density at radius 1 is 1.20 bits per heavy atom. The van der Waals surface area contributed by atoms with Crippen LogP contribution in [0.5, 0.6) is 0 Å². The zero-order chi connectivity index (χ0) is 21.0. The molecule has 0 N–H and O–H groups in total. The molecule has 0 radical (unpaired) electrons. The molecule has 152 valence electrons. The van der Waals surface area contributed by atoms with Gasteiger partial charge in [0, 0.05) is 35.6 Å². The zero-order valence-electron chi connectivity index (χ0n) is 16.9. The first-order valence-corrected chi connectivity index (χ1v) is 10.5. The first-order chi connectivity index (χ1) is 14.5. The summed E-state index contributed by atoms with van der Waals surface area (Å²) in [6, 6.07) is 6.49. The summed E-state index contributed by atoms with van der Waals surface area (Å²) in [6.45, 7) is 1.69. The van der Waals surface area contributed by atoms with Gasteiger partial charge in [-0.1, -0.05) is 18.2 Å². The van der Waals surface area contributed by atoms with Crippen molar-refractivity contribution in [3.8, 4) is 11.3 Å². The Morgan fingerprint density at radius 3 is 2.83 bits per heavy atom. The standard InChI is InChI=1S/C21H20N6O2S/c1-12(27-20(29)14-7-5-4-6-13(14)10-23-27)19(28)25(2)21-24-18-15-11-22-26(3)16(15)8-9-17(18)30-21/h4-7,10-12H,8-9H2,1-3H3/t12-/m0/s1. The van der Waals surface area contributed by atoms with Gasteiger partial charge in [0.05, 0.1) is 23.5 Å². The van der Waals surface area contributed by atoms with Crippen LogP contribution in [0.1, 0.15) is 23.5 Å². The lowest BCUT2D eigenvalue weighted by Crippen LogP contribution is -2.38. The van der Waals surface area contributed by atoms with Crippen LogP contribution in [0, 0.1) is 0 Å². The van der Waals surface area contributed by atoms with Gasteiger partial charge in [0.15, 0.2) is 5.13 Å². The van der Waals surface area contributed by atoms with E-state index in [9.17, 15) is 9.59 Å². The number of carbonyl (C=O) groups is 1. The van der Waals surface area contributed by atoms with E-state index >= 15 is 0 Å². The van der Waals surface area contributed by atoms with E-state index in [4.69, 9.17) is 4.98 Å². The molecule has 1 aromatic carbocycles. The number of rotatable bonds is 3. The molecule has 3 aromatic heterocycles. The molecule has 30 heavy (non-hydrogen) atoms. The summed E-state index contributed by atoms with van der Waals surface area (Å²) in [7, 11) is 3.63. The van der Waals surface area contributed by atoms with Crippen LogP contribution in [0.3, 0.4) is 0 Å². The van der Waals surface area contributed by atoms with Crippen LogP contribution in [0.25, 0.3) is 22.0 Å². The van der Waals surface area contributed by atoms with Gasteiger partial charge in [0.1, 0.15) is 6.04 Å². The SMILES string of the molecule is C[C@@H](C(=O)N(C)c1nc2c(s1)CCc1c-2cnn1C)n1ncc2ccccc2c1=O. The number of nitrogens with zero attached hydrogens (tertiary/aromatic N) is 6. The van der Waals surface area contributed by atoms with Crippen molar-refractivity contribution in [2.75, 3.05) is 11.9 Å². The summed E-state index contributed by atoms with van der Waals surface area (Å²) in [6.07, 6.45) is 5.24. The maximum atomic E-state index is 13.2. The lowest BCUT2D eigenvalue weighted by molar-refractivity contribution is -0.121. The molecule has 0 saturated carbocycles. The largest absolute Gasteiger partial charge is 0.289 e. The van der Waals surface area contributed by atoms with Crippen LogP contribution in [0.15, 0.2) is 41.5 Å². The second-order valence-electron chi connectivity index (χ2n) is 7.45. The van der Waals surface area contributed by atoms with Gasteiger partial charge in [-0.3, -0.25) is 19.2 Å². The molecule has 8 nitrogen and oxygen atoms in total. The van der Waals surface area contributed by atoms with Crippen molar-refractivity contribution >= 4 is 33.1 Å². The van der Waals surface area contributed by atoms with Crippen molar-refractivity contribution < 1.29 is 4.79 Å². The monoisotopic (exact) mass is 420 g/mol. The van der Waals surface area contributed by atoms with Crippen LogP contribution in [-0.4, -0.2) is 37.5 Å². The summed E-state index contributed by atoms with van der Waals surface area (Å²) in [5, 5.41) is 10.5. The smallest absolute Gasteiger partial charge is 0.275 e. The van der Waals surface area contributed by atoms with E-state index in [1.807, 2.05) is 30.1 Å². The predicted molar refractivity (Wildman–Crippen MR) is 116 cm³/mol. The van der Waals surface area contributed by atoms with E-state index in [1.54, 1.807) is 32.3 Å². The number of hydrogen-bond donors (Lipinski definition) is 0. The van der Waals surface area contributed by atoms with E-state index in [2.05, 4.69) is 10.2 Å². The molecular formula is C21H20N6O2S. The van der Waals surface area contributed by atoms with Gasteiger partial charge in [-0.2, -0.15) is 10.2 Å². The third-order valence-electron chi connectivity index (χ3n) is 5.65. The van der Waals surface area contributed by atoms with Crippen LogP contribution in [-0.2, 0) is 24.7 Å². The number of fused-ring (bicyclic) bond motifs is 4. The molecule has 0 saturated heterocycles. The molecule has 0 fully saturated rings. The second kappa shape index (κ2) is 6.88. The average Bonchev–Trinajstić information content (AvgIpc) is 3.36. The Labute approximate surface area is 176 Å². The number of likely N-dealkylation sites (N-methyl/N-ethyl adjacent to an activating group) is 1. The molecule has 1 atom stereocenters. The van der Waals surface area contributed by atoms with Gasteiger partial charge in [0.2, 0.25) is 0 Å². The highest BCUT2D eigenvalue weighted by atomic mass is 32.1. The quantitative estimate of drug-likeness (QED) is 0.509. The first kappa shape index (κ1) is 18.7. The van der Waals surface area contributed by atoms with Crippen molar-refractivity contribution in [2.45, 2.75) is 25.8 Å². The highest BCUT2D eigenvalue weighted by Crippen LogP contribution is 2.39. The fourth-order valence-electron chi connectivity index (χ4n) is 3.91. The molecular weight excluding hydrogens is 400 g/mol. The summed E-state index contributed by atoms with van der Waals surface area (Å²) < 4.78 is 3.12. The number of benzene rings is 1. The Bertz CT molecular complexity index is 1350. The number of aryl methyl sites for hydroxylation is 2. The summed E-state index contributed by atoms with van der Waals surface area (Å²) in [5.74, 6) is -0.239. The van der Waals surface area contributed by atoms with E-state index in [0.717, 1.165) is 40.1 Å². The Kier molecular flexibility index (Phi) is 4.28. The molecule has 0 bridgehead atoms. The molecule has 0 unspecified atom stereocenters. The van der Waals surface area contributed by atoms with Gasteiger partial charge >= 0.3 is 0 Å². The van der Waals surface area contributed by atoms with Gasteiger partial charge in [0.25, 0.3) is 11.5 Å². The van der Waals surface area contributed by atoms with Crippen molar-refractivity contribution in [3.63, 3.8) is 0 Å². The number of anilines is 1. The van der Waals surface area contributed by atoms with E-state index in [1.165, 1.54) is 20.9 Å². The summed E-state index contributed by atoms with van der Waals surface area (Å²) >= 11 is 1.51. The second-order valence-corrected chi connectivity index (χ2v) is 8.51. The predicted octanol–water partition coefficient (Wildman–Crippen LogP) is 2.58. The van der Waals surface area contributed by atoms with Gasteiger partial charge < -0.3 is 0 Å². The van der Waals surface area contributed by atoms with Crippen LogP contribution in [0.4, 0.5) is 5.13 Å². The van der Waals surface area contributed by atoms with Crippen molar-refractivity contribution in [2.24, 2.45) is 7.05 Å². The Morgan fingerprint density at radius 2 is 2.00 bits per heavy atom. The molecule has 1 amide bonds. The lowest BCUT2D eigenvalue weighted by atomic mass is 10.0. The summed E-state index contributed by atoms with van der Waals surface area (Å²) in [5.41, 5.74) is 2.81. The summed E-state index contributed by atoms with van der Waals surface area (Å²) in [4.78, 5) is 33.4. The number of thiazole rings is 1. The minimum Gasteiger partial charge on any atom is -0.289 e. The Hall–Kier alpha value is -3.33. The molecule has 9 heteroatoms. The Balaban J connectivity index is 1.47. The molecule has 1 aliphatic rings. The van der Waals surface area contributed by atoms with Crippen molar-refractivity contribution in [1.29, 1.82) is 0 Å². The van der Waals surface area contributed by atoms with E-state index in [-0.39, 0.29) is 11.5 Å². The highest BCUT2D eigenvalue weighted by molar-refractivity contribution is 7.16. The molecule has 1 aliphatic carbocycles. The molecule has 0 spiro atoms. The van der Waals surface area contributed by atoms with Crippen LogP contribution >= 0.6 is 11.3 Å².